The summed E-state index contributed by atoms with van der Waals surface area (Å²) < 4.78 is 19.3. The Bertz CT molecular complexity index is 1160. The number of hydrogen-bond donors (Lipinski definition) is 1. The van der Waals surface area contributed by atoms with E-state index in [4.69, 9.17) is 4.52 Å². The van der Waals surface area contributed by atoms with Crippen LogP contribution in [0, 0.1) is 12.7 Å². The molecule has 0 saturated carbocycles. The third kappa shape index (κ3) is 3.33. The second kappa shape index (κ2) is 6.92. The maximum Gasteiger partial charge on any atom is 0.259 e. The Hall–Kier alpha value is -3.06. The molecule has 2 aromatic carbocycles. The zero-order valence-corrected chi connectivity index (χ0v) is 15.7. The molecule has 134 valence electrons. The van der Waals surface area contributed by atoms with Crippen LogP contribution in [-0.2, 0) is 0 Å². The smallest absolute Gasteiger partial charge is 0.259 e. The summed E-state index contributed by atoms with van der Waals surface area (Å²) in [4.78, 5) is 17.4. The zero-order chi connectivity index (χ0) is 19.0. The summed E-state index contributed by atoms with van der Waals surface area (Å²) in [5.41, 5.74) is 3.02. The summed E-state index contributed by atoms with van der Waals surface area (Å²) in [5.74, 6) is -0.661. The molecule has 1 N–H and O–H groups in total. The van der Waals surface area contributed by atoms with Crippen LogP contribution in [0.2, 0.25) is 0 Å². The lowest BCUT2D eigenvalue weighted by atomic mass is 10.0. The van der Waals surface area contributed by atoms with Crippen molar-refractivity contribution in [1.29, 1.82) is 0 Å². The van der Waals surface area contributed by atoms with Gasteiger partial charge in [-0.25, -0.2) is 9.37 Å². The van der Waals surface area contributed by atoms with Gasteiger partial charge in [-0.2, -0.15) is 0 Å². The Morgan fingerprint density at radius 2 is 1.89 bits per heavy atom. The first kappa shape index (κ1) is 17.4. The van der Waals surface area contributed by atoms with E-state index in [-0.39, 0.29) is 17.4 Å². The van der Waals surface area contributed by atoms with E-state index in [1.54, 1.807) is 31.2 Å². The Balaban J connectivity index is 1.83. The minimum atomic E-state index is -0.345. The number of carbonyl (C=O) groups is 1. The molecule has 4 aromatic rings. The van der Waals surface area contributed by atoms with Crippen LogP contribution in [0.5, 0.6) is 0 Å². The van der Waals surface area contributed by atoms with Gasteiger partial charge in [0, 0.05) is 10.0 Å². The molecule has 7 heteroatoms. The molecular formula is C20H13BrFN3O2. The molecule has 2 heterocycles. The van der Waals surface area contributed by atoms with Gasteiger partial charge in [0.2, 0.25) is 0 Å². The molecule has 0 radical (unpaired) electrons. The Morgan fingerprint density at radius 1 is 1.15 bits per heavy atom. The standard InChI is InChI=1S/C20H13BrFN3O2/c1-11-18-14(19(26)23-16-5-3-2-4-15(16)21)10-17(24-20(18)27-25-11)12-6-8-13(22)9-7-12/h2-10H,1H3,(H,23,26). The first-order chi connectivity index (χ1) is 13.0. The number of fused-ring (bicyclic) bond motifs is 1. The molecule has 1 amide bonds. The van der Waals surface area contributed by atoms with Crippen molar-refractivity contribution in [3.8, 4) is 11.3 Å². The average Bonchev–Trinajstić information content (AvgIpc) is 3.04. The monoisotopic (exact) mass is 425 g/mol. The van der Waals surface area contributed by atoms with Gasteiger partial charge in [0.15, 0.2) is 0 Å². The van der Waals surface area contributed by atoms with Gasteiger partial charge in [0.1, 0.15) is 5.82 Å². The third-order valence-electron chi connectivity index (χ3n) is 4.12. The van der Waals surface area contributed by atoms with Crippen molar-refractivity contribution in [3.05, 3.63) is 76.1 Å². The minimum absolute atomic E-state index is 0.256. The largest absolute Gasteiger partial charge is 0.335 e. The lowest BCUT2D eigenvalue weighted by Gasteiger charge is -2.09. The molecule has 0 fully saturated rings. The minimum Gasteiger partial charge on any atom is -0.335 e. The molecule has 0 aliphatic heterocycles. The van der Waals surface area contributed by atoms with E-state index in [1.165, 1.54) is 12.1 Å². The number of rotatable bonds is 3. The number of aryl methyl sites for hydroxylation is 1. The van der Waals surface area contributed by atoms with E-state index in [2.05, 4.69) is 31.4 Å². The Kier molecular flexibility index (Phi) is 4.45. The molecule has 0 aliphatic rings. The molecule has 0 bridgehead atoms. The van der Waals surface area contributed by atoms with Crippen LogP contribution in [0.3, 0.4) is 0 Å². The molecule has 0 spiro atoms. The fourth-order valence-electron chi connectivity index (χ4n) is 2.79. The fourth-order valence-corrected chi connectivity index (χ4v) is 3.18. The van der Waals surface area contributed by atoms with Gasteiger partial charge in [-0.15, -0.1) is 0 Å². The van der Waals surface area contributed by atoms with Gasteiger partial charge in [-0.1, -0.05) is 17.3 Å². The molecule has 0 unspecified atom stereocenters. The van der Waals surface area contributed by atoms with Gasteiger partial charge in [-0.05, 0) is 65.3 Å². The van der Waals surface area contributed by atoms with Crippen LogP contribution in [-0.4, -0.2) is 16.0 Å². The first-order valence-electron chi connectivity index (χ1n) is 8.12. The molecule has 27 heavy (non-hydrogen) atoms. The predicted molar refractivity (Wildman–Crippen MR) is 104 cm³/mol. The number of anilines is 1. The Labute approximate surface area is 162 Å². The number of nitrogens with zero attached hydrogens (tertiary/aromatic N) is 2. The average molecular weight is 426 g/mol. The topological polar surface area (TPSA) is 68.0 Å². The van der Waals surface area contributed by atoms with Gasteiger partial charge >= 0.3 is 0 Å². The predicted octanol–water partition coefficient (Wildman–Crippen LogP) is 5.35. The fraction of sp³-hybridized carbons (Fsp3) is 0.0500. The second-order valence-corrected chi connectivity index (χ2v) is 6.80. The van der Waals surface area contributed by atoms with E-state index in [9.17, 15) is 9.18 Å². The van der Waals surface area contributed by atoms with Crippen LogP contribution in [0.4, 0.5) is 10.1 Å². The summed E-state index contributed by atoms with van der Waals surface area (Å²) in [6.07, 6.45) is 0. The van der Waals surface area contributed by atoms with Gasteiger partial charge < -0.3 is 9.84 Å². The summed E-state index contributed by atoms with van der Waals surface area (Å²) in [6.45, 7) is 1.75. The van der Waals surface area contributed by atoms with E-state index in [0.29, 0.717) is 33.6 Å². The van der Waals surface area contributed by atoms with Crippen LogP contribution < -0.4 is 5.32 Å². The van der Waals surface area contributed by atoms with E-state index in [0.717, 1.165) is 4.47 Å². The zero-order valence-electron chi connectivity index (χ0n) is 14.2. The summed E-state index contributed by atoms with van der Waals surface area (Å²) in [6, 6.07) is 14.9. The quantitative estimate of drug-likeness (QED) is 0.480. The van der Waals surface area contributed by atoms with Crippen LogP contribution >= 0.6 is 15.9 Å². The summed E-state index contributed by atoms with van der Waals surface area (Å²) in [5, 5.41) is 7.35. The number of pyridine rings is 1. The van der Waals surface area contributed by atoms with Crippen molar-refractivity contribution >= 4 is 38.6 Å². The highest BCUT2D eigenvalue weighted by atomic mass is 79.9. The number of benzene rings is 2. The number of aromatic nitrogens is 2. The highest BCUT2D eigenvalue weighted by molar-refractivity contribution is 9.10. The second-order valence-electron chi connectivity index (χ2n) is 5.94. The van der Waals surface area contributed by atoms with Crippen molar-refractivity contribution in [2.24, 2.45) is 0 Å². The maximum absolute atomic E-state index is 13.2. The number of carbonyl (C=O) groups excluding carboxylic acids is 1. The van der Waals surface area contributed by atoms with Crippen LogP contribution in [0.25, 0.3) is 22.4 Å². The molecule has 4 rings (SSSR count). The Morgan fingerprint density at radius 3 is 2.63 bits per heavy atom. The van der Waals surface area contributed by atoms with Gasteiger partial charge in [0.25, 0.3) is 11.6 Å². The summed E-state index contributed by atoms with van der Waals surface area (Å²) in [7, 11) is 0. The van der Waals surface area contributed by atoms with E-state index < -0.39 is 0 Å². The number of nitrogens with one attached hydrogen (secondary N) is 1. The van der Waals surface area contributed by atoms with Gasteiger partial charge in [-0.3, -0.25) is 4.79 Å². The van der Waals surface area contributed by atoms with Crippen molar-refractivity contribution < 1.29 is 13.7 Å². The number of para-hydroxylation sites is 1. The highest BCUT2D eigenvalue weighted by Gasteiger charge is 2.20. The first-order valence-corrected chi connectivity index (χ1v) is 8.91. The number of hydrogen-bond acceptors (Lipinski definition) is 4. The molecule has 0 saturated heterocycles. The van der Waals surface area contributed by atoms with Crippen molar-refractivity contribution in [2.45, 2.75) is 6.92 Å². The van der Waals surface area contributed by atoms with Crippen molar-refractivity contribution in [3.63, 3.8) is 0 Å². The van der Waals surface area contributed by atoms with Crippen molar-refractivity contribution in [1.82, 2.24) is 10.1 Å². The van der Waals surface area contributed by atoms with Gasteiger partial charge in [0.05, 0.1) is 28.0 Å². The van der Waals surface area contributed by atoms with Crippen LogP contribution in [0.15, 0.2) is 63.6 Å². The normalized spacial score (nSPS) is 10.9. The number of amides is 1. The molecule has 0 aliphatic carbocycles. The lowest BCUT2D eigenvalue weighted by molar-refractivity contribution is 0.102. The van der Waals surface area contributed by atoms with Crippen LogP contribution in [0.1, 0.15) is 16.1 Å². The van der Waals surface area contributed by atoms with Crippen molar-refractivity contribution in [2.75, 3.05) is 5.32 Å². The molecule has 2 aromatic heterocycles. The molecule has 5 nitrogen and oxygen atoms in total. The SMILES string of the molecule is Cc1noc2nc(-c3ccc(F)cc3)cc(C(=O)Nc3ccccc3Br)c12. The third-order valence-corrected chi connectivity index (χ3v) is 4.82. The maximum atomic E-state index is 13.2. The highest BCUT2D eigenvalue weighted by Crippen LogP contribution is 2.29. The lowest BCUT2D eigenvalue weighted by Crippen LogP contribution is -2.13. The molecular weight excluding hydrogens is 413 g/mol. The van der Waals surface area contributed by atoms with E-state index >= 15 is 0 Å². The number of halogens is 2. The summed E-state index contributed by atoms with van der Waals surface area (Å²) >= 11 is 3.42. The van der Waals surface area contributed by atoms with E-state index in [1.807, 2.05) is 18.2 Å². The molecule has 0 atom stereocenters.